The Hall–Kier alpha value is -0.620. The van der Waals surface area contributed by atoms with E-state index in [2.05, 4.69) is 24.0 Å². The van der Waals surface area contributed by atoms with Gasteiger partial charge in [0.15, 0.2) is 0 Å². The third kappa shape index (κ3) is 2.72. The first kappa shape index (κ1) is 15.8. The average molecular weight is 320 g/mol. The van der Waals surface area contributed by atoms with Crippen LogP contribution < -0.4 is 0 Å². The van der Waals surface area contributed by atoms with Gasteiger partial charge in [0.2, 0.25) is 0 Å². The van der Waals surface area contributed by atoms with E-state index >= 15 is 0 Å². The van der Waals surface area contributed by atoms with Gasteiger partial charge in [0, 0.05) is 22.1 Å². The molecule has 5 nitrogen and oxygen atoms in total. The van der Waals surface area contributed by atoms with Gasteiger partial charge in [-0.25, -0.2) is 8.42 Å². The second kappa shape index (κ2) is 4.70. The number of nitrogens with zero attached hydrogens (tertiary/aromatic N) is 3. The van der Waals surface area contributed by atoms with Crippen molar-refractivity contribution in [1.29, 1.82) is 0 Å². The highest BCUT2D eigenvalue weighted by Gasteiger charge is 2.41. The van der Waals surface area contributed by atoms with Crippen molar-refractivity contribution in [3.63, 3.8) is 0 Å². The van der Waals surface area contributed by atoms with Crippen molar-refractivity contribution >= 4 is 19.7 Å². The van der Waals surface area contributed by atoms with Crippen LogP contribution in [-0.2, 0) is 14.6 Å². The lowest BCUT2D eigenvalue weighted by Gasteiger charge is -2.31. The molecule has 0 spiro atoms. The SMILES string of the molecule is CC1(C)CCCC1c1nnc(S(=O)(=O)Cl)n1C(C)(C)C. The molecule has 1 saturated carbocycles. The lowest BCUT2D eigenvalue weighted by atomic mass is 9.81. The van der Waals surface area contributed by atoms with Gasteiger partial charge in [-0.2, -0.15) is 0 Å². The van der Waals surface area contributed by atoms with Crippen LogP contribution in [0.15, 0.2) is 5.16 Å². The van der Waals surface area contributed by atoms with Gasteiger partial charge in [-0.05, 0) is 39.0 Å². The highest BCUT2D eigenvalue weighted by Crippen LogP contribution is 2.49. The first-order chi connectivity index (χ1) is 8.94. The molecule has 0 amide bonds. The van der Waals surface area contributed by atoms with Crippen LogP contribution in [0.5, 0.6) is 0 Å². The van der Waals surface area contributed by atoms with Gasteiger partial charge >= 0.3 is 0 Å². The summed E-state index contributed by atoms with van der Waals surface area (Å²) in [6.07, 6.45) is 3.23. The minimum absolute atomic E-state index is 0.101. The second-order valence-electron chi connectivity index (χ2n) is 7.22. The summed E-state index contributed by atoms with van der Waals surface area (Å²) in [7, 11) is 1.61. The maximum absolute atomic E-state index is 11.7. The fourth-order valence-electron chi connectivity index (χ4n) is 3.10. The normalized spacial score (nSPS) is 23.2. The van der Waals surface area contributed by atoms with Crippen molar-refractivity contribution in [2.75, 3.05) is 0 Å². The number of hydrogen-bond donors (Lipinski definition) is 0. The lowest BCUT2D eigenvalue weighted by Crippen LogP contribution is -2.30. The predicted molar refractivity (Wildman–Crippen MR) is 78.4 cm³/mol. The van der Waals surface area contributed by atoms with Crippen LogP contribution in [0.1, 0.15) is 65.6 Å². The third-order valence-corrected chi connectivity index (χ3v) is 5.23. The van der Waals surface area contributed by atoms with Gasteiger partial charge in [0.25, 0.3) is 14.2 Å². The Kier molecular flexibility index (Phi) is 3.70. The van der Waals surface area contributed by atoms with Crippen LogP contribution in [0, 0.1) is 5.41 Å². The molecule has 2 rings (SSSR count). The zero-order valence-electron chi connectivity index (χ0n) is 12.6. The minimum atomic E-state index is -3.90. The van der Waals surface area contributed by atoms with E-state index in [0.717, 1.165) is 25.1 Å². The summed E-state index contributed by atoms with van der Waals surface area (Å²) in [5.41, 5.74) is -0.335. The van der Waals surface area contributed by atoms with Crippen molar-refractivity contribution in [2.24, 2.45) is 5.41 Å². The summed E-state index contributed by atoms with van der Waals surface area (Å²) in [5, 5.41) is 7.88. The van der Waals surface area contributed by atoms with E-state index in [0.29, 0.717) is 0 Å². The van der Waals surface area contributed by atoms with Crippen molar-refractivity contribution in [3.05, 3.63) is 5.82 Å². The van der Waals surface area contributed by atoms with E-state index in [1.165, 1.54) is 0 Å². The molecule has 0 saturated heterocycles. The van der Waals surface area contributed by atoms with Crippen LogP contribution in [0.4, 0.5) is 0 Å². The van der Waals surface area contributed by atoms with Gasteiger partial charge in [0.05, 0.1) is 0 Å². The maximum Gasteiger partial charge on any atom is 0.296 e. The zero-order valence-corrected chi connectivity index (χ0v) is 14.2. The van der Waals surface area contributed by atoms with E-state index < -0.39 is 14.6 Å². The summed E-state index contributed by atoms with van der Waals surface area (Å²) in [6.45, 7) is 10.2. The number of aromatic nitrogens is 3. The molecule has 1 aromatic heterocycles. The fourth-order valence-corrected chi connectivity index (χ4v) is 4.12. The quantitative estimate of drug-likeness (QED) is 0.785. The molecule has 0 radical (unpaired) electrons. The number of hydrogen-bond acceptors (Lipinski definition) is 4. The largest absolute Gasteiger partial charge is 0.296 e. The molecule has 0 bridgehead atoms. The highest BCUT2D eigenvalue weighted by atomic mass is 35.7. The molecule has 114 valence electrons. The molecule has 1 aromatic rings. The molecule has 0 N–H and O–H groups in total. The van der Waals surface area contributed by atoms with Crippen molar-refractivity contribution in [1.82, 2.24) is 14.8 Å². The van der Waals surface area contributed by atoms with Gasteiger partial charge in [-0.15, -0.1) is 10.2 Å². The smallest absolute Gasteiger partial charge is 0.295 e. The molecule has 7 heteroatoms. The molecule has 0 aromatic carbocycles. The molecule has 1 atom stereocenters. The van der Waals surface area contributed by atoms with Gasteiger partial charge in [0.1, 0.15) is 5.82 Å². The molecule has 1 unspecified atom stereocenters. The second-order valence-corrected chi connectivity index (χ2v) is 9.68. The van der Waals surface area contributed by atoms with E-state index in [4.69, 9.17) is 10.7 Å². The Balaban J connectivity index is 2.64. The van der Waals surface area contributed by atoms with Crippen molar-refractivity contribution in [2.45, 2.75) is 70.5 Å². The minimum Gasteiger partial charge on any atom is -0.295 e. The Morgan fingerprint density at radius 2 is 1.90 bits per heavy atom. The van der Waals surface area contributed by atoms with Gasteiger partial charge in [-0.1, -0.05) is 20.3 Å². The number of halogens is 1. The van der Waals surface area contributed by atoms with Crippen molar-refractivity contribution in [3.8, 4) is 0 Å². The van der Waals surface area contributed by atoms with Gasteiger partial charge < -0.3 is 0 Å². The standard InChI is InChI=1S/C13H22ClN3O2S/c1-12(2,3)17-10(9-7-6-8-13(9,4)5)15-16-11(17)20(14,18)19/h9H,6-8H2,1-5H3. The summed E-state index contributed by atoms with van der Waals surface area (Å²) in [6, 6.07) is 0. The van der Waals surface area contributed by atoms with Crippen LogP contribution in [0.25, 0.3) is 0 Å². The van der Waals surface area contributed by atoms with E-state index in [-0.39, 0.29) is 16.5 Å². The zero-order chi connectivity index (χ0) is 15.3. The van der Waals surface area contributed by atoms with Gasteiger partial charge in [-0.3, -0.25) is 4.57 Å². The summed E-state index contributed by atoms with van der Waals surface area (Å²) in [5.74, 6) is 0.945. The predicted octanol–water partition coefficient (Wildman–Crippen LogP) is 3.25. The lowest BCUT2D eigenvalue weighted by molar-refractivity contribution is 0.282. The van der Waals surface area contributed by atoms with Crippen molar-refractivity contribution < 1.29 is 8.42 Å². The Bertz CT molecular complexity index is 614. The topological polar surface area (TPSA) is 64.8 Å². The van der Waals surface area contributed by atoms with Crippen LogP contribution >= 0.6 is 10.7 Å². The Morgan fingerprint density at radius 3 is 2.30 bits per heavy atom. The average Bonchev–Trinajstić information content (AvgIpc) is 2.77. The summed E-state index contributed by atoms with van der Waals surface area (Å²) in [4.78, 5) is 0. The first-order valence-electron chi connectivity index (χ1n) is 6.85. The Morgan fingerprint density at radius 1 is 1.30 bits per heavy atom. The molecule has 1 aliphatic carbocycles. The molecule has 1 aliphatic rings. The van der Waals surface area contributed by atoms with E-state index in [1.54, 1.807) is 4.57 Å². The summed E-state index contributed by atoms with van der Waals surface area (Å²) >= 11 is 0. The molecular formula is C13H22ClN3O2S. The summed E-state index contributed by atoms with van der Waals surface area (Å²) < 4.78 is 25.2. The maximum atomic E-state index is 11.7. The van der Waals surface area contributed by atoms with Crippen LogP contribution in [0.2, 0.25) is 0 Å². The van der Waals surface area contributed by atoms with E-state index in [1.807, 2.05) is 20.8 Å². The monoisotopic (exact) mass is 319 g/mol. The van der Waals surface area contributed by atoms with E-state index in [9.17, 15) is 8.42 Å². The number of rotatable bonds is 2. The van der Waals surface area contributed by atoms with Crippen LogP contribution in [-0.4, -0.2) is 23.2 Å². The Labute approximate surface area is 125 Å². The molecule has 0 aliphatic heterocycles. The molecule has 1 fully saturated rings. The molecule has 20 heavy (non-hydrogen) atoms. The first-order valence-corrected chi connectivity index (χ1v) is 9.16. The third-order valence-electron chi connectivity index (χ3n) is 4.12. The molecule has 1 heterocycles. The molecular weight excluding hydrogens is 298 g/mol. The fraction of sp³-hybridized carbons (Fsp3) is 0.846. The highest BCUT2D eigenvalue weighted by molar-refractivity contribution is 8.13. The van der Waals surface area contributed by atoms with Crippen LogP contribution in [0.3, 0.4) is 0 Å².